The van der Waals surface area contributed by atoms with E-state index in [0.29, 0.717) is 17.1 Å². The standard InChI is InChI=1S/C34H17N5O3S/c1-3-5-6-7-8-9-10-11-12-13-14-19-24-42-30-23-18-17-22-28(30)33(41)35-29-25-31(43-34-36-37-38-39(34)4-2)26-20-15-16-21-27(26)32(29)40/h1,15-18,20-23,25,40H,4H2,2H3,(H,35,41). The van der Waals surface area contributed by atoms with Crippen LogP contribution in [0.5, 0.6) is 11.5 Å². The number of hydrogen-bond donors (Lipinski definition) is 2. The number of terminal acetylenes is 1. The van der Waals surface area contributed by atoms with Crippen molar-refractivity contribution >= 4 is 34.1 Å². The van der Waals surface area contributed by atoms with Crippen molar-refractivity contribution in [2.45, 2.75) is 23.5 Å². The highest BCUT2D eigenvalue weighted by Gasteiger charge is 2.19. The molecule has 1 aromatic heterocycles. The lowest BCUT2D eigenvalue weighted by Gasteiger charge is -2.14. The summed E-state index contributed by atoms with van der Waals surface area (Å²) in [6, 6.07) is 15.5. The lowest BCUT2D eigenvalue weighted by atomic mass is 10.1. The minimum atomic E-state index is -0.513. The number of rotatable bonds is 6. The first kappa shape index (κ1) is 29.3. The molecule has 9 heteroatoms. The molecule has 8 nitrogen and oxygen atoms in total. The van der Waals surface area contributed by atoms with Gasteiger partial charge in [-0.15, -0.1) is 11.5 Å². The van der Waals surface area contributed by atoms with Crippen LogP contribution in [0.25, 0.3) is 10.8 Å². The predicted molar refractivity (Wildman–Crippen MR) is 164 cm³/mol. The van der Waals surface area contributed by atoms with Gasteiger partial charge < -0.3 is 15.2 Å². The fourth-order valence-electron chi connectivity index (χ4n) is 3.43. The molecule has 0 fully saturated rings. The molecule has 0 spiro atoms. The Hall–Kier alpha value is -6.67. The highest BCUT2D eigenvalue weighted by Crippen LogP contribution is 2.41. The number of aromatic hydroxyl groups is 1. The maximum atomic E-state index is 13.3. The summed E-state index contributed by atoms with van der Waals surface area (Å²) in [5, 5.41) is 27.5. The second-order valence-corrected chi connectivity index (χ2v) is 8.88. The number of carbonyl (C=O) groups is 1. The largest absolute Gasteiger partial charge is 0.505 e. The number of anilines is 1. The number of tetrazole rings is 1. The van der Waals surface area contributed by atoms with Crippen LogP contribution in [-0.2, 0) is 6.54 Å². The van der Waals surface area contributed by atoms with Crippen molar-refractivity contribution in [3.63, 3.8) is 0 Å². The average molecular weight is 576 g/mol. The first-order chi connectivity index (χ1) is 21.1. The molecule has 0 bridgehead atoms. The van der Waals surface area contributed by atoms with Crippen LogP contribution in [0.1, 0.15) is 17.3 Å². The number of phenols is 1. The van der Waals surface area contributed by atoms with E-state index in [2.05, 4.69) is 98.0 Å². The quantitative estimate of drug-likeness (QED) is 0.265. The molecule has 0 aliphatic carbocycles. The first-order valence-corrected chi connectivity index (χ1v) is 13.2. The smallest absolute Gasteiger partial charge is 0.259 e. The molecular formula is C34H17N5O3S. The topological polar surface area (TPSA) is 102 Å². The molecule has 4 rings (SSSR count). The van der Waals surface area contributed by atoms with Gasteiger partial charge in [-0.3, -0.25) is 4.79 Å². The van der Waals surface area contributed by atoms with Crippen LogP contribution < -0.4 is 10.1 Å². The van der Waals surface area contributed by atoms with Crippen LogP contribution in [0.4, 0.5) is 5.69 Å². The normalized spacial score (nSPS) is 8.74. The minimum absolute atomic E-state index is 0.0766. The van der Waals surface area contributed by atoms with Crippen molar-refractivity contribution in [1.82, 2.24) is 20.2 Å². The Morgan fingerprint density at radius 3 is 2.26 bits per heavy atom. The Labute approximate surface area is 252 Å². The SMILES string of the molecule is C#CC#CC#CC#CC#CC#CC#COc1ccccc1C(=O)Nc1cc(Sc2nnnn2CC)c2ccccc2c1O. The molecule has 0 aliphatic rings. The van der Waals surface area contributed by atoms with Crippen LogP contribution in [-0.4, -0.2) is 31.2 Å². The summed E-state index contributed by atoms with van der Waals surface area (Å²) in [5.41, 5.74) is 0.409. The van der Waals surface area contributed by atoms with Gasteiger partial charge in [0.15, 0.2) is 5.75 Å². The molecule has 0 radical (unpaired) electrons. The Morgan fingerprint density at radius 2 is 1.56 bits per heavy atom. The molecule has 0 saturated heterocycles. The minimum Gasteiger partial charge on any atom is -0.505 e. The van der Waals surface area contributed by atoms with Crippen LogP contribution in [0.3, 0.4) is 0 Å². The van der Waals surface area contributed by atoms with Gasteiger partial charge in [-0.1, -0.05) is 36.4 Å². The second kappa shape index (κ2) is 15.2. The molecule has 1 amide bonds. The molecule has 4 aromatic rings. The third-order valence-corrected chi connectivity index (χ3v) is 6.30. The van der Waals surface area contributed by atoms with Crippen LogP contribution in [0.2, 0.25) is 0 Å². The number of aryl methyl sites for hydroxylation is 1. The molecular weight excluding hydrogens is 558 g/mol. The zero-order valence-corrected chi connectivity index (χ0v) is 23.3. The third kappa shape index (κ3) is 7.93. The number of benzene rings is 3. The summed E-state index contributed by atoms with van der Waals surface area (Å²) >= 11 is 1.33. The number of ether oxygens (including phenoxy) is 1. The monoisotopic (exact) mass is 575 g/mol. The maximum Gasteiger partial charge on any atom is 0.259 e. The molecule has 43 heavy (non-hydrogen) atoms. The predicted octanol–water partition coefficient (Wildman–Crippen LogP) is 3.95. The number of nitrogens with one attached hydrogen (secondary N) is 1. The Kier molecular flexibility index (Phi) is 10.4. The average Bonchev–Trinajstić information content (AvgIpc) is 3.49. The highest BCUT2D eigenvalue weighted by molar-refractivity contribution is 7.99. The summed E-state index contributed by atoms with van der Waals surface area (Å²) in [4.78, 5) is 14.1. The molecule has 202 valence electrons. The number of para-hydroxylation sites is 1. The molecule has 0 saturated carbocycles. The Morgan fingerprint density at radius 1 is 0.930 bits per heavy atom. The zero-order valence-electron chi connectivity index (χ0n) is 22.4. The lowest BCUT2D eigenvalue weighted by molar-refractivity contribution is 0.102. The number of aromatic nitrogens is 4. The van der Waals surface area contributed by atoms with Crippen LogP contribution in [0, 0.1) is 83.6 Å². The van der Waals surface area contributed by atoms with E-state index in [1.807, 2.05) is 19.1 Å². The van der Waals surface area contributed by atoms with E-state index in [0.717, 1.165) is 10.3 Å². The van der Waals surface area contributed by atoms with Crippen molar-refractivity contribution < 1.29 is 14.6 Å². The Balaban J connectivity index is 1.51. The molecule has 2 N–H and O–H groups in total. The van der Waals surface area contributed by atoms with Gasteiger partial charge in [-0.05, 0) is 88.2 Å². The summed E-state index contributed by atoms with van der Waals surface area (Å²) < 4.78 is 7.12. The van der Waals surface area contributed by atoms with E-state index in [4.69, 9.17) is 11.2 Å². The van der Waals surface area contributed by atoms with Gasteiger partial charge in [0.2, 0.25) is 5.16 Å². The molecule has 0 unspecified atom stereocenters. The van der Waals surface area contributed by atoms with E-state index in [9.17, 15) is 9.90 Å². The first-order valence-electron chi connectivity index (χ1n) is 12.3. The van der Waals surface area contributed by atoms with Crippen LogP contribution in [0.15, 0.2) is 64.6 Å². The molecule has 0 atom stereocenters. The summed E-state index contributed by atoms with van der Waals surface area (Å²) in [7, 11) is 0. The molecule has 0 aliphatic heterocycles. The second-order valence-electron chi connectivity index (χ2n) is 7.87. The van der Waals surface area contributed by atoms with Gasteiger partial charge in [0.05, 0.1) is 11.3 Å². The van der Waals surface area contributed by atoms with Crippen molar-refractivity contribution in [2.75, 3.05) is 5.32 Å². The number of hydrogen-bond acceptors (Lipinski definition) is 7. The highest BCUT2D eigenvalue weighted by atomic mass is 32.2. The van der Waals surface area contributed by atoms with Gasteiger partial charge >= 0.3 is 0 Å². The number of fused-ring (bicyclic) bond motifs is 1. The third-order valence-electron chi connectivity index (χ3n) is 5.27. The maximum absolute atomic E-state index is 13.3. The fraction of sp³-hybridized carbons (Fsp3) is 0.0588. The van der Waals surface area contributed by atoms with E-state index in [1.54, 1.807) is 47.1 Å². The van der Waals surface area contributed by atoms with E-state index in [-0.39, 0.29) is 22.7 Å². The van der Waals surface area contributed by atoms with E-state index < -0.39 is 5.91 Å². The number of phenolic OH excluding ortho intramolecular Hbond substituents is 1. The van der Waals surface area contributed by atoms with Crippen molar-refractivity contribution in [2.24, 2.45) is 0 Å². The number of amides is 1. The van der Waals surface area contributed by atoms with Gasteiger partial charge in [-0.25, -0.2) is 4.68 Å². The van der Waals surface area contributed by atoms with Gasteiger partial charge in [0.1, 0.15) is 11.9 Å². The fourth-order valence-corrected chi connectivity index (χ4v) is 4.44. The molecule has 3 aromatic carbocycles. The Bertz CT molecular complexity index is 2140. The van der Waals surface area contributed by atoms with Crippen molar-refractivity contribution in [1.29, 1.82) is 0 Å². The van der Waals surface area contributed by atoms with Gasteiger partial charge in [0.25, 0.3) is 5.91 Å². The van der Waals surface area contributed by atoms with E-state index >= 15 is 0 Å². The van der Waals surface area contributed by atoms with E-state index in [1.165, 1.54) is 11.8 Å². The number of carbonyl (C=O) groups excluding carboxylic acids is 1. The zero-order chi connectivity index (χ0) is 30.3. The van der Waals surface area contributed by atoms with Crippen molar-refractivity contribution in [3.05, 3.63) is 60.2 Å². The van der Waals surface area contributed by atoms with Crippen LogP contribution >= 0.6 is 11.8 Å². The molecule has 1 heterocycles. The van der Waals surface area contributed by atoms with Crippen molar-refractivity contribution in [3.8, 4) is 95.1 Å². The van der Waals surface area contributed by atoms with Gasteiger partial charge in [-0.2, -0.15) is 0 Å². The summed E-state index contributed by atoms with van der Waals surface area (Å²) in [6.07, 6.45) is 7.41. The number of nitrogens with zero attached hydrogens (tertiary/aromatic N) is 4. The lowest BCUT2D eigenvalue weighted by Crippen LogP contribution is -2.13. The summed E-state index contributed by atoms with van der Waals surface area (Å²) in [6.45, 7) is 2.52. The summed E-state index contributed by atoms with van der Waals surface area (Å²) in [5.74, 6) is 28.9. The van der Waals surface area contributed by atoms with Gasteiger partial charge in [0, 0.05) is 52.3 Å².